The Hall–Kier alpha value is -3.52. The number of amides is 1. The molecule has 0 bridgehead atoms. The summed E-state index contributed by atoms with van der Waals surface area (Å²) in [6.07, 6.45) is -3.20. The number of carbonyl (C=O) groups excluding carboxylic acids is 1. The Balaban J connectivity index is 1.50. The molecule has 0 aliphatic carbocycles. The molecule has 0 spiro atoms. The number of sulfonamides is 1. The topological polar surface area (TPSA) is 105 Å². The van der Waals surface area contributed by atoms with Crippen LogP contribution in [0.15, 0.2) is 53.8 Å². The van der Waals surface area contributed by atoms with Gasteiger partial charge in [0.05, 0.1) is 10.6 Å². The van der Waals surface area contributed by atoms with Crippen molar-refractivity contribution in [3.05, 3.63) is 71.7 Å². The second-order valence-corrected chi connectivity index (χ2v) is 10.3. The smallest absolute Gasteiger partial charge is 0.351 e. The van der Waals surface area contributed by atoms with E-state index in [0.29, 0.717) is 11.1 Å². The van der Waals surface area contributed by atoms with Crippen molar-refractivity contribution in [3.63, 3.8) is 0 Å². The summed E-state index contributed by atoms with van der Waals surface area (Å²) in [5, 5.41) is 2.59. The molecule has 196 valence electrons. The molecule has 2 atom stereocenters. The van der Waals surface area contributed by atoms with Gasteiger partial charge in [0.1, 0.15) is 18.0 Å². The number of nitrogens with zero attached hydrogens (tertiary/aromatic N) is 4. The van der Waals surface area contributed by atoms with E-state index in [0.717, 1.165) is 41.0 Å². The predicted molar refractivity (Wildman–Crippen MR) is 120 cm³/mol. The number of pyridine rings is 1. The minimum atomic E-state index is -4.69. The molecule has 1 aromatic carbocycles. The van der Waals surface area contributed by atoms with Crippen LogP contribution in [0.2, 0.25) is 0 Å². The number of benzene rings is 1. The monoisotopic (exact) mass is 541 g/mol. The molecule has 1 aliphatic rings. The number of aromatic nitrogens is 3. The zero-order chi connectivity index (χ0) is 27.0. The molecule has 1 fully saturated rings. The molecule has 1 amide bonds. The molecule has 3 aromatic rings. The summed E-state index contributed by atoms with van der Waals surface area (Å²) in [5.41, 5.74) is 1.66. The second-order valence-electron chi connectivity index (χ2n) is 8.38. The molecule has 0 saturated carbocycles. The highest BCUT2D eigenvalue weighted by molar-refractivity contribution is 7.89. The van der Waals surface area contributed by atoms with Gasteiger partial charge < -0.3 is 5.32 Å². The van der Waals surface area contributed by atoms with Crippen molar-refractivity contribution in [3.8, 4) is 11.3 Å². The van der Waals surface area contributed by atoms with Gasteiger partial charge in [-0.2, -0.15) is 17.5 Å². The van der Waals surface area contributed by atoms with E-state index in [1.807, 2.05) is 0 Å². The van der Waals surface area contributed by atoms with Gasteiger partial charge >= 0.3 is 6.18 Å². The molecule has 4 rings (SSSR count). The van der Waals surface area contributed by atoms with Gasteiger partial charge in [0, 0.05) is 43.7 Å². The Morgan fingerprint density at radius 1 is 1.11 bits per heavy atom. The van der Waals surface area contributed by atoms with E-state index in [1.54, 1.807) is 6.92 Å². The average molecular weight is 542 g/mol. The third-order valence-electron chi connectivity index (χ3n) is 5.80. The van der Waals surface area contributed by atoms with Crippen molar-refractivity contribution in [2.75, 3.05) is 6.54 Å². The highest BCUT2D eigenvalue weighted by Crippen LogP contribution is 2.29. The molecule has 3 heterocycles. The molecule has 0 radical (unpaired) electrons. The average Bonchev–Trinajstić information content (AvgIpc) is 3.26. The number of rotatable bonds is 6. The van der Waals surface area contributed by atoms with Crippen molar-refractivity contribution < 1.29 is 35.2 Å². The summed E-state index contributed by atoms with van der Waals surface area (Å²) in [6.45, 7) is 1.09. The molecule has 8 nitrogen and oxygen atoms in total. The maximum absolute atomic E-state index is 14.2. The molecular weight excluding hydrogens is 521 g/mol. The molecule has 1 aliphatic heterocycles. The fourth-order valence-corrected chi connectivity index (χ4v) is 5.45. The summed E-state index contributed by atoms with van der Waals surface area (Å²) in [7, 11) is -4.27. The van der Waals surface area contributed by atoms with E-state index in [2.05, 4.69) is 20.3 Å². The minimum Gasteiger partial charge on any atom is -0.351 e. The Kier molecular flexibility index (Phi) is 7.24. The first kappa shape index (κ1) is 26.5. The third kappa shape index (κ3) is 5.74. The minimum absolute atomic E-state index is 0.0838. The zero-order valence-electron chi connectivity index (χ0n) is 19.2. The van der Waals surface area contributed by atoms with Gasteiger partial charge in [-0.1, -0.05) is 0 Å². The molecule has 0 unspecified atom stereocenters. The Morgan fingerprint density at radius 3 is 2.38 bits per heavy atom. The Bertz CT molecular complexity index is 1400. The SMILES string of the molecule is Cc1cnc(-c2cnc(C(F)(F)F)nc2)cc1CNC(=O)[C@@H]1C[C@@H](F)CN1S(=O)(=O)c1ccc(F)cc1. The highest BCUT2D eigenvalue weighted by Gasteiger charge is 2.44. The number of hydrogen-bond acceptors (Lipinski definition) is 6. The molecule has 14 heteroatoms. The Morgan fingerprint density at radius 2 is 1.76 bits per heavy atom. The van der Waals surface area contributed by atoms with Crippen LogP contribution in [0.25, 0.3) is 11.3 Å². The standard InChI is InChI=1S/C23H20F5N5O3S/c1-13-8-29-19(15-10-31-22(32-11-15)23(26,27)28)6-14(13)9-30-21(34)20-7-17(25)12-33(20)37(35,36)18-4-2-16(24)3-5-18/h2-6,8,10-11,17,20H,7,9,12H2,1H3,(H,30,34)/t17-,20+/m1/s1. The van der Waals surface area contributed by atoms with Crippen LogP contribution < -0.4 is 5.32 Å². The van der Waals surface area contributed by atoms with E-state index < -0.39 is 52.5 Å². The van der Waals surface area contributed by atoms with Gasteiger partial charge in [0.25, 0.3) is 0 Å². The van der Waals surface area contributed by atoms with E-state index in [4.69, 9.17) is 0 Å². The van der Waals surface area contributed by atoms with Crippen molar-refractivity contribution in [2.45, 2.75) is 43.2 Å². The summed E-state index contributed by atoms with van der Waals surface area (Å²) in [4.78, 5) is 23.4. The summed E-state index contributed by atoms with van der Waals surface area (Å²) < 4.78 is 92.3. The molecular formula is C23H20F5N5O3S. The van der Waals surface area contributed by atoms with E-state index in [-0.39, 0.29) is 29.1 Å². The van der Waals surface area contributed by atoms with E-state index in [9.17, 15) is 35.2 Å². The van der Waals surface area contributed by atoms with E-state index in [1.165, 1.54) is 12.3 Å². The lowest BCUT2D eigenvalue weighted by Gasteiger charge is -2.23. The lowest BCUT2D eigenvalue weighted by atomic mass is 10.1. The maximum atomic E-state index is 14.2. The van der Waals surface area contributed by atoms with Crippen LogP contribution >= 0.6 is 0 Å². The van der Waals surface area contributed by atoms with Crippen LogP contribution in [-0.4, -0.2) is 52.3 Å². The van der Waals surface area contributed by atoms with Gasteiger partial charge in [0.2, 0.25) is 21.8 Å². The predicted octanol–water partition coefficient (Wildman–Crippen LogP) is 3.42. The molecule has 37 heavy (non-hydrogen) atoms. The second kappa shape index (κ2) is 10.1. The number of hydrogen-bond donors (Lipinski definition) is 1. The van der Waals surface area contributed by atoms with Gasteiger partial charge in [-0.25, -0.2) is 27.2 Å². The largest absolute Gasteiger partial charge is 0.451 e. The quantitative estimate of drug-likeness (QED) is 0.480. The van der Waals surface area contributed by atoms with Crippen molar-refractivity contribution in [2.24, 2.45) is 0 Å². The number of aryl methyl sites for hydroxylation is 1. The lowest BCUT2D eigenvalue weighted by molar-refractivity contribution is -0.145. The third-order valence-corrected chi connectivity index (χ3v) is 7.69. The van der Waals surface area contributed by atoms with Crippen LogP contribution in [0.1, 0.15) is 23.4 Å². The van der Waals surface area contributed by atoms with Crippen LogP contribution in [0.3, 0.4) is 0 Å². The number of halogens is 5. The van der Waals surface area contributed by atoms with Crippen molar-refractivity contribution >= 4 is 15.9 Å². The van der Waals surface area contributed by atoms with Gasteiger partial charge in [-0.05, 0) is 48.4 Å². The summed E-state index contributed by atoms with van der Waals surface area (Å²) >= 11 is 0. The van der Waals surface area contributed by atoms with Crippen molar-refractivity contribution in [1.82, 2.24) is 24.6 Å². The van der Waals surface area contributed by atoms with Crippen molar-refractivity contribution in [1.29, 1.82) is 0 Å². The first-order valence-corrected chi connectivity index (χ1v) is 12.3. The van der Waals surface area contributed by atoms with Crippen LogP contribution in [0, 0.1) is 12.7 Å². The van der Waals surface area contributed by atoms with Crippen LogP contribution in [0.5, 0.6) is 0 Å². The van der Waals surface area contributed by atoms with Gasteiger partial charge in [-0.3, -0.25) is 9.78 Å². The zero-order valence-corrected chi connectivity index (χ0v) is 20.0. The van der Waals surface area contributed by atoms with Gasteiger partial charge in [0.15, 0.2) is 0 Å². The molecule has 2 aromatic heterocycles. The number of alkyl halides is 4. The fourth-order valence-electron chi connectivity index (χ4n) is 3.82. The first-order valence-electron chi connectivity index (χ1n) is 10.9. The summed E-state index contributed by atoms with van der Waals surface area (Å²) in [5.74, 6) is -2.67. The first-order chi connectivity index (χ1) is 17.4. The molecule has 1 N–H and O–H groups in total. The highest BCUT2D eigenvalue weighted by atomic mass is 32.2. The summed E-state index contributed by atoms with van der Waals surface area (Å²) in [6, 6.07) is 4.19. The van der Waals surface area contributed by atoms with Crippen LogP contribution in [-0.2, 0) is 27.5 Å². The number of carbonyl (C=O) groups is 1. The Labute approximate surface area is 208 Å². The number of nitrogens with one attached hydrogen (secondary N) is 1. The normalized spacial score (nSPS) is 18.6. The molecule has 1 saturated heterocycles. The van der Waals surface area contributed by atoms with E-state index >= 15 is 0 Å². The lowest BCUT2D eigenvalue weighted by Crippen LogP contribution is -2.45. The van der Waals surface area contributed by atoms with Crippen LogP contribution in [0.4, 0.5) is 22.0 Å². The van der Waals surface area contributed by atoms with Gasteiger partial charge in [-0.15, -0.1) is 0 Å². The fraction of sp³-hybridized carbons (Fsp3) is 0.304. The maximum Gasteiger partial charge on any atom is 0.451 e.